The third-order valence-corrected chi connectivity index (χ3v) is 8.36. The van der Waals surface area contributed by atoms with Gasteiger partial charge in [-0.05, 0) is 19.1 Å². The molecule has 1 amide bonds. The van der Waals surface area contributed by atoms with Gasteiger partial charge in [0.2, 0.25) is 17.8 Å². The molecule has 19 heteroatoms. The molecule has 0 saturated carbocycles. The van der Waals surface area contributed by atoms with Crippen molar-refractivity contribution < 1.29 is 35.7 Å². The normalized spacial score (nSPS) is 17.4. The number of aromatic nitrogens is 6. The fourth-order valence-corrected chi connectivity index (χ4v) is 5.82. The van der Waals surface area contributed by atoms with Gasteiger partial charge >= 0.3 is 6.18 Å². The van der Waals surface area contributed by atoms with Gasteiger partial charge in [-0.2, -0.15) is 21.6 Å². The first-order valence-electron chi connectivity index (χ1n) is 14.5. The SMILES string of the molecule is CC(=O)N1CCN(c2nc3c(N4CCOCC4)nc(-c4cnc(N)nc4)nc3n2CC(F)(F)F)C[C@@H]1C.O=S(=O)(O)c1ccccc1. The average molecular weight is 679 g/mol. The molecule has 0 bridgehead atoms. The van der Waals surface area contributed by atoms with Crippen LogP contribution in [0.25, 0.3) is 22.6 Å². The molecule has 0 aliphatic carbocycles. The van der Waals surface area contributed by atoms with Crippen LogP contribution < -0.4 is 15.5 Å². The van der Waals surface area contributed by atoms with Crippen LogP contribution in [0, 0.1) is 0 Å². The van der Waals surface area contributed by atoms with Gasteiger partial charge in [0, 0.05) is 58.1 Å². The number of halogens is 3. The second-order valence-corrected chi connectivity index (χ2v) is 12.3. The van der Waals surface area contributed by atoms with Gasteiger partial charge in [0.05, 0.1) is 23.7 Å². The van der Waals surface area contributed by atoms with E-state index in [0.29, 0.717) is 57.3 Å². The van der Waals surface area contributed by atoms with Crippen LogP contribution in [-0.4, -0.2) is 111 Å². The summed E-state index contributed by atoms with van der Waals surface area (Å²) >= 11 is 0. The van der Waals surface area contributed by atoms with E-state index in [1.54, 1.807) is 28.0 Å². The number of carbonyl (C=O) groups excluding carboxylic acids is 1. The summed E-state index contributed by atoms with van der Waals surface area (Å²) in [6.07, 6.45) is -1.66. The predicted octanol–water partition coefficient (Wildman–Crippen LogP) is 2.25. The summed E-state index contributed by atoms with van der Waals surface area (Å²) in [4.78, 5) is 39.1. The van der Waals surface area contributed by atoms with Crippen molar-refractivity contribution in [2.45, 2.75) is 37.5 Å². The fraction of sp³-hybridized carbons (Fsp3) is 0.429. The van der Waals surface area contributed by atoms with Crippen molar-refractivity contribution in [3.63, 3.8) is 0 Å². The number of carbonyl (C=O) groups is 1. The van der Waals surface area contributed by atoms with Crippen molar-refractivity contribution in [1.29, 1.82) is 0 Å². The number of alkyl halides is 3. The first kappa shape index (κ1) is 33.7. The molecule has 2 aliphatic rings. The molecule has 0 unspecified atom stereocenters. The average Bonchev–Trinajstić information content (AvgIpc) is 3.38. The largest absolute Gasteiger partial charge is 0.406 e. The minimum atomic E-state index is -4.52. The minimum Gasteiger partial charge on any atom is -0.378 e. The van der Waals surface area contributed by atoms with Gasteiger partial charge in [0.1, 0.15) is 6.54 Å². The Morgan fingerprint density at radius 2 is 1.68 bits per heavy atom. The van der Waals surface area contributed by atoms with E-state index in [0.717, 1.165) is 4.57 Å². The number of piperazine rings is 1. The van der Waals surface area contributed by atoms with Crippen LogP contribution >= 0.6 is 0 Å². The summed E-state index contributed by atoms with van der Waals surface area (Å²) in [5.74, 6) is 0.696. The summed E-state index contributed by atoms with van der Waals surface area (Å²) in [5.41, 5.74) is 6.34. The van der Waals surface area contributed by atoms with Crippen LogP contribution in [0.1, 0.15) is 13.8 Å². The quantitative estimate of drug-likeness (QED) is 0.293. The van der Waals surface area contributed by atoms with Crippen molar-refractivity contribution in [3.8, 4) is 11.4 Å². The van der Waals surface area contributed by atoms with Gasteiger partial charge in [0.15, 0.2) is 22.8 Å². The molecule has 1 aromatic carbocycles. The van der Waals surface area contributed by atoms with E-state index in [4.69, 9.17) is 15.0 Å². The lowest BCUT2D eigenvalue weighted by Crippen LogP contribution is -2.54. The maximum absolute atomic E-state index is 13.8. The first-order valence-corrected chi connectivity index (χ1v) is 16.0. The number of hydrogen-bond donors (Lipinski definition) is 2. The van der Waals surface area contributed by atoms with Gasteiger partial charge < -0.3 is 25.2 Å². The highest BCUT2D eigenvalue weighted by atomic mass is 32.2. The van der Waals surface area contributed by atoms with Crippen LogP contribution in [0.15, 0.2) is 47.6 Å². The van der Waals surface area contributed by atoms with Crippen LogP contribution in [0.5, 0.6) is 0 Å². The lowest BCUT2D eigenvalue weighted by atomic mass is 10.2. The lowest BCUT2D eigenvalue weighted by molar-refractivity contribution is -0.139. The highest BCUT2D eigenvalue weighted by molar-refractivity contribution is 7.85. The molecule has 15 nitrogen and oxygen atoms in total. The summed E-state index contributed by atoms with van der Waals surface area (Å²) in [6.45, 7) is 5.02. The zero-order valence-electron chi connectivity index (χ0n) is 25.5. The Balaban J connectivity index is 0.000000371. The number of nitrogens with zero attached hydrogens (tertiary/aromatic N) is 9. The number of fused-ring (bicyclic) bond motifs is 1. The first-order chi connectivity index (χ1) is 22.2. The second kappa shape index (κ2) is 13.6. The number of nitrogens with two attached hydrogens (primary N) is 1. The number of ether oxygens (including phenoxy) is 1. The monoisotopic (exact) mass is 678 g/mol. The number of morpholine rings is 1. The smallest absolute Gasteiger partial charge is 0.378 e. The molecule has 0 radical (unpaired) electrons. The molecule has 0 spiro atoms. The van der Waals surface area contributed by atoms with Crippen LogP contribution in [-0.2, 0) is 26.2 Å². The van der Waals surface area contributed by atoms with Gasteiger partial charge in [-0.15, -0.1) is 0 Å². The summed E-state index contributed by atoms with van der Waals surface area (Å²) < 4.78 is 77.3. The number of anilines is 3. The van der Waals surface area contributed by atoms with Crippen molar-refractivity contribution in [1.82, 2.24) is 34.4 Å². The van der Waals surface area contributed by atoms with E-state index in [9.17, 15) is 26.4 Å². The van der Waals surface area contributed by atoms with Gasteiger partial charge in [-0.3, -0.25) is 13.9 Å². The molecular weight excluding hydrogens is 645 g/mol. The van der Waals surface area contributed by atoms with E-state index in [1.807, 2.05) is 11.8 Å². The Kier molecular flexibility index (Phi) is 9.78. The molecule has 6 rings (SSSR count). The molecule has 1 atom stereocenters. The zero-order chi connectivity index (χ0) is 33.9. The summed E-state index contributed by atoms with van der Waals surface area (Å²) in [6, 6.07) is 7.23. The fourth-order valence-electron chi connectivity index (χ4n) is 5.32. The van der Waals surface area contributed by atoms with Crippen molar-refractivity contribution in [3.05, 3.63) is 42.7 Å². The Labute approximate surface area is 268 Å². The van der Waals surface area contributed by atoms with E-state index in [-0.39, 0.29) is 45.7 Å². The second-order valence-electron chi connectivity index (χ2n) is 10.9. The maximum Gasteiger partial charge on any atom is 0.406 e. The molecule has 3 aromatic heterocycles. The van der Waals surface area contributed by atoms with Gasteiger partial charge in [-0.1, -0.05) is 18.2 Å². The van der Waals surface area contributed by atoms with E-state index >= 15 is 0 Å². The predicted molar refractivity (Wildman–Crippen MR) is 165 cm³/mol. The van der Waals surface area contributed by atoms with Crippen molar-refractivity contribution >= 4 is 44.9 Å². The van der Waals surface area contributed by atoms with Crippen molar-refractivity contribution in [2.75, 3.05) is 61.5 Å². The molecule has 2 aliphatic heterocycles. The minimum absolute atomic E-state index is 0.0530. The molecule has 3 N–H and O–H groups in total. The number of benzene rings is 1. The topological polar surface area (TPSA) is 186 Å². The number of amides is 1. The zero-order valence-corrected chi connectivity index (χ0v) is 26.3. The number of nitrogen functional groups attached to an aromatic ring is 1. The molecule has 47 heavy (non-hydrogen) atoms. The number of rotatable bonds is 5. The van der Waals surface area contributed by atoms with E-state index < -0.39 is 22.8 Å². The highest BCUT2D eigenvalue weighted by Gasteiger charge is 2.35. The van der Waals surface area contributed by atoms with Crippen LogP contribution in [0.3, 0.4) is 0 Å². The molecule has 2 saturated heterocycles. The lowest BCUT2D eigenvalue weighted by Gasteiger charge is -2.40. The van der Waals surface area contributed by atoms with E-state index in [1.165, 1.54) is 31.5 Å². The molecule has 4 aromatic rings. The standard InChI is InChI=1S/C22H27F3N10O2.C6H6O3S/c1-13-11-33(3-4-34(13)14(2)36)21-29-16-18(32-5-7-37-8-6-32)30-17(15-9-27-20(26)28-10-15)31-19(16)35(21)12-22(23,24)25;7-10(8,9)6-4-2-1-3-5-6/h9-10,13H,3-8,11-12H2,1-2H3,(H2,26,27,28);1-5H,(H,7,8,9)/t13-;/m0./s1. The number of imidazole rings is 1. The molecular formula is C28H33F3N10O5S. The Morgan fingerprint density at radius 3 is 2.23 bits per heavy atom. The Morgan fingerprint density at radius 1 is 1.02 bits per heavy atom. The van der Waals surface area contributed by atoms with Crippen LogP contribution in [0.4, 0.5) is 30.9 Å². The van der Waals surface area contributed by atoms with E-state index in [2.05, 4.69) is 24.9 Å². The third kappa shape index (κ3) is 8.03. The van der Waals surface area contributed by atoms with Gasteiger partial charge in [0.25, 0.3) is 10.1 Å². The summed E-state index contributed by atoms with van der Waals surface area (Å²) in [7, 11) is -4.00. The Hall–Kier alpha value is -4.62. The molecule has 5 heterocycles. The maximum atomic E-state index is 13.8. The Bertz CT molecular complexity index is 1820. The number of hydrogen-bond acceptors (Lipinski definition) is 12. The molecule has 252 valence electrons. The van der Waals surface area contributed by atoms with Crippen LogP contribution in [0.2, 0.25) is 0 Å². The van der Waals surface area contributed by atoms with Crippen molar-refractivity contribution in [2.24, 2.45) is 0 Å². The van der Waals surface area contributed by atoms with Gasteiger partial charge in [-0.25, -0.2) is 24.9 Å². The third-order valence-electron chi connectivity index (χ3n) is 7.49. The summed E-state index contributed by atoms with van der Waals surface area (Å²) in [5, 5.41) is 0. The highest BCUT2D eigenvalue weighted by Crippen LogP contribution is 2.34. The molecule has 2 fully saturated rings.